The van der Waals surface area contributed by atoms with Gasteiger partial charge in [-0.1, -0.05) is 0 Å². The number of hydrogen-bond acceptors (Lipinski definition) is 3. The third-order valence-electron chi connectivity index (χ3n) is 0.667. The summed E-state index contributed by atoms with van der Waals surface area (Å²) in [5.41, 5.74) is 0. The molecule has 3 fully saturated rings. The highest BCUT2D eigenvalue weighted by atomic mass is 28.6. The van der Waals surface area contributed by atoms with Gasteiger partial charge in [0.05, 0.1) is 0 Å². The maximum atomic E-state index is 4.86. The van der Waals surface area contributed by atoms with Crippen LogP contribution in [-0.4, -0.2) is 19.1 Å². The summed E-state index contributed by atoms with van der Waals surface area (Å²) in [6.45, 7) is 0. The van der Waals surface area contributed by atoms with Crippen molar-refractivity contribution >= 4 is 19.1 Å². The summed E-state index contributed by atoms with van der Waals surface area (Å²) >= 11 is 0. The van der Waals surface area contributed by atoms with Crippen LogP contribution in [0.2, 0.25) is 0 Å². The van der Waals surface area contributed by atoms with Gasteiger partial charge in [0.2, 0.25) is 0 Å². The Morgan fingerprint density at radius 3 is 1.00 bits per heavy atom. The normalized spacial score (nSPS) is 57.6. The van der Waals surface area contributed by atoms with Gasteiger partial charge in [-0.3, -0.25) is 0 Å². The third kappa shape index (κ3) is 0.152. The van der Waals surface area contributed by atoms with Crippen molar-refractivity contribution in [2.24, 2.45) is 0 Å². The Labute approximate surface area is 32.4 Å². The summed E-state index contributed by atoms with van der Waals surface area (Å²) in [5, 5.41) is 0. The van der Waals surface area contributed by atoms with Crippen molar-refractivity contribution in [3.05, 3.63) is 0 Å². The average Bonchev–Trinajstić information content (AvgIpc) is 0.592. The molecule has 2 bridgehead atoms. The Bertz CT molecular complexity index is 41.6. The lowest BCUT2D eigenvalue weighted by Crippen LogP contribution is -2.68. The Balaban J connectivity index is 2.19. The van der Waals surface area contributed by atoms with Crippen LogP contribution in [0.3, 0.4) is 0 Å². The maximum absolute atomic E-state index is 4.86. The lowest BCUT2D eigenvalue weighted by atomic mass is 15.5. The molecule has 5 heteroatoms. The van der Waals surface area contributed by atoms with Gasteiger partial charge < -0.3 is 12.3 Å². The van der Waals surface area contributed by atoms with Crippen LogP contribution in [-0.2, 0) is 12.3 Å². The van der Waals surface area contributed by atoms with E-state index >= 15 is 0 Å². The predicted octanol–water partition coefficient (Wildman–Crippen LogP) is -1.50. The van der Waals surface area contributed by atoms with E-state index < -0.39 is 19.1 Å². The molecule has 0 aromatic heterocycles. The fourth-order valence-electron chi connectivity index (χ4n) is 0.303. The van der Waals surface area contributed by atoms with Crippen molar-refractivity contribution in [2.45, 2.75) is 0 Å². The van der Waals surface area contributed by atoms with Gasteiger partial charge in [0.1, 0.15) is 0 Å². The first kappa shape index (κ1) is 2.48. The van der Waals surface area contributed by atoms with Crippen molar-refractivity contribution in [3.8, 4) is 0 Å². The zero-order valence-electron chi connectivity index (χ0n) is 2.38. The van der Waals surface area contributed by atoms with Crippen molar-refractivity contribution in [1.82, 2.24) is 0 Å². The molecule has 0 unspecified atom stereocenters. The zero-order valence-corrected chi connectivity index (χ0v) is 4.69. The van der Waals surface area contributed by atoms with Crippen molar-refractivity contribution < 1.29 is 12.3 Å². The largest absolute Gasteiger partial charge is 0.461 e. The van der Waals surface area contributed by atoms with Crippen LogP contribution >= 0.6 is 0 Å². The summed E-state index contributed by atoms with van der Waals surface area (Å²) in [4.78, 5) is 0. The predicted molar refractivity (Wildman–Crippen MR) is 17.6 cm³/mol. The molecule has 0 saturated carbocycles. The first-order chi connectivity index (χ1) is 2.45. The summed E-state index contributed by atoms with van der Waals surface area (Å²) in [6.07, 6.45) is 0. The lowest BCUT2D eigenvalue weighted by Gasteiger charge is -2.44. The Kier molecular flexibility index (Phi) is 0.271. The second kappa shape index (κ2) is 0.546. The average molecular weight is 106 g/mol. The molecular weight excluding hydrogens is 104 g/mol. The van der Waals surface area contributed by atoms with Crippen LogP contribution in [0, 0.1) is 0 Å². The van der Waals surface area contributed by atoms with Crippen LogP contribution in [0.4, 0.5) is 0 Å². The van der Waals surface area contributed by atoms with Gasteiger partial charge in [0.15, 0.2) is 0 Å². The van der Waals surface area contributed by atoms with Gasteiger partial charge in [-0.2, -0.15) is 0 Å². The van der Waals surface area contributed by atoms with Crippen LogP contribution in [0.25, 0.3) is 0 Å². The lowest BCUT2D eigenvalue weighted by molar-refractivity contribution is 0.0376. The molecule has 28 valence electrons. The highest BCUT2D eigenvalue weighted by Gasteiger charge is 2.53. The number of hydrogen-bond donors (Lipinski definition) is 0. The van der Waals surface area contributed by atoms with E-state index in [1.165, 1.54) is 0 Å². The van der Waals surface area contributed by atoms with E-state index in [9.17, 15) is 0 Å². The minimum atomic E-state index is -1.26. The van der Waals surface area contributed by atoms with Crippen LogP contribution in [0.1, 0.15) is 0 Å². The van der Waals surface area contributed by atoms with Gasteiger partial charge in [0, 0.05) is 0 Å². The molecule has 3 heterocycles. The highest BCUT2D eigenvalue weighted by molar-refractivity contribution is 6.80. The molecule has 5 heavy (non-hydrogen) atoms. The van der Waals surface area contributed by atoms with Crippen LogP contribution in [0.5, 0.6) is 0 Å². The standard InChI is InChI=1S/H2O3Si2/c1-4-2-5(1)3-4/h4-5H. The molecular formula is H2O3Si2. The molecule has 0 N–H and O–H groups in total. The molecule has 0 aromatic carbocycles. The van der Waals surface area contributed by atoms with Gasteiger partial charge in [-0.25, -0.2) is 0 Å². The molecule has 3 nitrogen and oxygen atoms in total. The summed E-state index contributed by atoms with van der Waals surface area (Å²) < 4.78 is 14.6. The maximum Gasteiger partial charge on any atom is 0.461 e. The first-order valence-corrected chi connectivity index (χ1v) is 4.24. The Morgan fingerprint density at radius 1 is 0.800 bits per heavy atom. The summed E-state index contributed by atoms with van der Waals surface area (Å²) in [6, 6.07) is 0. The summed E-state index contributed by atoms with van der Waals surface area (Å²) in [7, 11) is -2.53. The van der Waals surface area contributed by atoms with Gasteiger partial charge in [0.25, 0.3) is 0 Å². The fraction of sp³-hybridized carbons (Fsp3) is 0. The Morgan fingerprint density at radius 2 is 1.00 bits per heavy atom. The van der Waals surface area contributed by atoms with E-state index in [4.69, 9.17) is 12.3 Å². The van der Waals surface area contributed by atoms with E-state index in [2.05, 4.69) is 0 Å². The molecule has 3 aliphatic rings. The van der Waals surface area contributed by atoms with E-state index in [1.54, 1.807) is 0 Å². The monoisotopic (exact) mass is 106 g/mol. The zero-order chi connectivity index (χ0) is 3.28. The van der Waals surface area contributed by atoms with Crippen molar-refractivity contribution in [2.75, 3.05) is 0 Å². The highest BCUT2D eigenvalue weighted by Crippen LogP contribution is 2.23. The Hall–Kier alpha value is 0.314. The van der Waals surface area contributed by atoms with E-state index in [1.807, 2.05) is 0 Å². The topological polar surface area (TPSA) is 27.7 Å². The molecule has 3 aliphatic heterocycles. The molecule has 0 spiro atoms. The first-order valence-electron chi connectivity index (χ1n) is 1.41. The summed E-state index contributed by atoms with van der Waals surface area (Å²) in [5.74, 6) is 0. The van der Waals surface area contributed by atoms with Gasteiger partial charge in [-0.15, -0.1) is 0 Å². The second-order valence-electron chi connectivity index (χ2n) is 0.986. The fourth-order valence-corrected chi connectivity index (χ4v) is 2.72. The van der Waals surface area contributed by atoms with Crippen LogP contribution in [0.15, 0.2) is 0 Å². The second-order valence-corrected chi connectivity index (χ2v) is 5.41. The molecule has 0 aromatic rings. The molecule has 3 rings (SSSR count). The minimum absolute atomic E-state index is 1.26. The van der Waals surface area contributed by atoms with E-state index in [-0.39, 0.29) is 0 Å². The van der Waals surface area contributed by atoms with Gasteiger partial charge >= 0.3 is 19.1 Å². The quantitative estimate of drug-likeness (QED) is 0.352. The molecule has 0 radical (unpaired) electrons. The number of rotatable bonds is 0. The molecule has 0 amide bonds. The van der Waals surface area contributed by atoms with Crippen molar-refractivity contribution in [3.63, 3.8) is 0 Å². The van der Waals surface area contributed by atoms with Gasteiger partial charge in [-0.05, 0) is 0 Å². The third-order valence-corrected chi connectivity index (χ3v) is 6.00. The van der Waals surface area contributed by atoms with E-state index in [0.717, 1.165) is 0 Å². The molecule has 0 aliphatic carbocycles. The van der Waals surface area contributed by atoms with E-state index in [0.29, 0.717) is 0 Å². The van der Waals surface area contributed by atoms with Crippen molar-refractivity contribution in [1.29, 1.82) is 0 Å². The SMILES string of the molecule is O1[SiH]2O[SiH]1O2. The van der Waals surface area contributed by atoms with Crippen LogP contribution < -0.4 is 0 Å². The molecule has 3 saturated heterocycles. The minimum Gasteiger partial charge on any atom is -0.378 e. The smallest absolute Gasteiger partial charge is 0.378 e. The molecule has 0 atom stereocenters.